The number of rotatable bonds is 4. The Morgan fingerprint density at radius 2 is 2.35 bits per heavy atom. The average Bonchev–Trinajstić information content (AvgIpc) is 3.13. The lowest BCUT2D eigenvalue weighted by molar-refractivity contribution is -0.123. The van der Waals surface area contributed by atoms with Gasteiger partial charge in [-0.1, -0.05) is 12.8 Å². The van der Waals surface area contributed by atoms with Gasteiger partial charge in [0, 0.05) is 24.3 Å². The molecule has 1 aromatic heterocycles. The van der Waals surface area contributed by atoms with Crippen LogP contribution in [0, 0.1) is 0 Å². The minimum atomic E-state index is -0.147. The number of amides is 1. The molecule has 1 aliphatic heterocycles. The lowest BCUT2D eigenvalue weighted by atomic mass is 10.0. The van der Waals surface area contributed by atoms with Crippen molar-refractivity contribution < 1.29 is 4.79 Å². The van der Waals surface area contributed by atoms with E-state index in [0.717, 1.165) is 17.9 Å². The van der Waals surface area contributed by atoms with Gasteiger partial charge in [-0.2, -0.15) is 11.8 Å². The van der Waals surface area contributed by atoms with Gasteiger partial charge in [-0.15, -0.1) is 0 Å². The van der Waals surface area contributed by atoms with Gasteiger partial charge in [-0.25, -0.2) is 4.98 Å². The molecule has 0 spiro atoms. The van der Waals surface area contributed by atoms with Crippen molar-refractivity contribution in [2.75, 3.05) is 12.8 Å². The van der Waals surface area contributed by atoms with E-state index in [1.807, 2.05) is 11.8 Å². The van der Waals surface area contributed by atoms with E-state index in [4.69, 9.17) is 0 Å². The zero-order valence-corrected chi connectivity index (χ0v) is 12.7. The molecule has 0 radical (unpaired) electrons. The van der Waals surface area contributed by atoms with Gasteiger partial charge in [0.1, 0.15) is 0 Å². The highest BCUT2D eigenvalue weighted by Gasteiger charge is 2.34. The summed E-state index contributed by atoms with van der Waals surface area (Å²) in [5.74, 6) is 0.110. The Kier molecular flexibility index (Phi) is 4.03. The highest BCUT2D eigenvalue weighted by molar-refractivity contribution is 8.00. The lowest BCUT2D eigenvalue weighted by Gasteiger charge is -2.29. The van der Waals surface area contributed by atoms with Crippen molar-refractivity contribution in [1.82, 2.24) is 20.6 Å². The molecule has 6 heteroatoms. The van der Waals surface area contributed by atoms with Crippen molar-refractivity contribution in [3.05, 3.63) is 17.7 Å². The van der Waals surface area contributed by atoms with Crippen LogP contribution in [0.25, 0.3) is 0 Å². The molecule has 1 fully saturated rings. The molecule has 3 rings (SSSR count). The van der Waals surface area contributed by atoms with Crippen LogP contribution in [0.1, 0.15) is 37.1 Å². The van der Waals surface area contributed by atoms with Crippen molar-refractivity contribution in [1.29, 1.82) is 0 Å². The Labute approximate surface area is 123 Å². The summed E-state index contributed by atoms with van der Waals surface area (Å²) in [6.45, 7) is 1.49. The molecule has 2 heterocycles. The molecule has 5 nitrogen and oxygen atoms in total. The second kappa shape index (κ2) is 5.77. The van der Waals surface area contributed by atoms with Crippen molar-refractivity contribution in [3.8, 4) is 0 Å². The number of nitrogens with zero attached hydrogens (tertiary/aromatic N) is 1. The minimum absolute atomic E-state index is 0.110. The average molecular weight is 294 g/mol. The van der Waals surface area contributed by atoms with Crippen molar-refractivity contribution in [3.63, 3.8) is 0 Å². The van der Waals surface area contributed by atoms with E-state index >= 15 is 0 Å². The molecule has 1 aliphatic carbocycles. The number of hydrogen-bond acceptors (Lipinski definition) is 4. The van der Waals surface area contributed by atoms with Gasteiger partial charge in [-0.3, -0.25) is 10.1 Å². The van der Waals surface area contributed by atoms with Crippen LogP contribution in [0.5, 0.6) is 0 Å². The first-order valence-electron chi connectivity index (χ1n) is 7.30. The molecule has 1 atom stereocenters. The number of carbonyl (C=O) groups excluding carboxylic acids is 1. The summed E-state index contributed by atoms with van der Waals surface area (Å²) in [6.07, 6.45) is 9.55. The number of aromatic amines is 1. The molecule has 1 saturated carbocycles. The second-order valence-electron chi connectivity index (χ2n) is 5.78. The van der Waals surface area contributed by atoms with Gasteiger partial charge in [0.25, 0.3) is 0 Å². The third-order valence-corrected chi connectivity index (χ3v) is 6.00. The number of thioether (sulfide) groups is 1. The van der Waals surface area contributed by atoms with Gasteiger partial charge in [0.05, 0.1) is 23.8 Å². The maximum absolute atomic E-state index is 12.3. The zero-order chi connectivity index (χ0) is 14.0. The molecular formula is C14H22N4OS. The number of H-pyrrole nitrogens is 1. The van der Waals surface area contributed by atoms with Crippen molar-refractivity contribution >= 4 is 17.7 Å². The topological polar surface area (TPSA) is 69.8 Å². The number of aromatic nitrogens is 2. The first kappa shape index (κ1) is 13.9. The molecular weight excluding hydrogens is 272 g/mol. The lowest BCUT2D eigenvalue weighted by Crippen LogP contribution is -2.50. The van der Waals surface area contributed by atoms with E-state index in [0.29, 0.717) is 13.0 Å². The van der Waals surface area contributed by atoms with Crippen LogP contribution < -0.4 is 10.6 Å². The van der Waals surface area contributed by atoms with E-state index in [1.54, 1.807) is 6.33 Å². The quantitative estimate of drug-likeness (QED) is 0.781. The second-order valence-corrected chi connectivity index (χ2v) is 7.05. The number of hydrogen-bond donors (Lipinski definition) is 3. The fourth-order valence-electron chi connectivity index (χ4n) is 3.20. The predicted octanol–water partition coefficient (Wildman–Crippen LogP) is 1.22. The molecule has 3 N–H and O–H groups in total. The maximum Gasteiger partial charge on any atom is 0.237 e. The first-order valence-corrected chi connectivity index (χ1v) is 8.52. The number of carbonyl (C=O) groups is 1. The molecule has 1 aromatic rings. The summed E-state index contributed by atoms with van der Waals surface area (Å²) in [5, 5.41) is 6.43. The molecule has 0 bridgehead atoms. The number of nitrogens with one attached hydrogen (secondary N) is 3. The summed E-state index contributed by atoms with van der Waals surface area (Å²) < 4.78 is 0.266. The van der Waals surface area contributed by atoms with Crippen LogP contribution in [0.15, 0.2) is 6.33 Å². The zero-order valence-electron chi connectivity index (χ0n) is 11.9. The Morgan fingerprint density at radius 1 is 1.55 bits per heavy atom. The number of fused-ring (bicyclic) bond motifs is 1. The highest BCUT2D eigenvalue weighted by Crippen LogP contribution is 2.39. The molecule has 1 unspecified atom stereocenters. The third-order valence-electron chi connectivity index (χ3n) is 4.58. The van der Waals surface area contributed by atoms with Crippen molar-refractivity contribution in [2.45, 2.75) is 49.4 Å². The Bertz CT molecular complexity index is 481. The van der Waals surface area contributed by atoms with E-state index in [-0.39, 0.29) is 16.7 Å². The van der Waals surface area contributed by atoms with E-state index < -0.39 is 0 Å². The van der Waals surface area contributed by atoms with E-state index in [9.17, 15) is 4.79 Å². The van der Waals surface area contributed by atoms with Crippen LogP contribution >= 0.6 is 11.8 Å². The standard InChI is InChI=1S/C14H22N4OS/c1-20-14(4-2-3-5-14)8-16-13(19)11-6-10-12(7-15-11)18-9-17-10/h9,11,15H,2-8H2,1H3,(H,16,19)(H,17,18). The largest absolute Gasteiger partial charge is 0.353 e. The summed E-state index contributed by atoms with van der Waals surface area (Å²) in [4.78, 5) is 19.7. The van der Waals surface area contributed by atoms with Gasteiger partial charge in [-0.05, 0) is 19.1 Å². The van der Waals surface area contributed by atoms with Gasteiger partial charge < -0.3 is 10.3 Å². The van der Waals surface area contributed by atoms with Gasteiger partial charge in [0.15, 0.2) is 0 Å². The predicted molar refractivity (Wildman–Crippen MR) is 80.6 cm³/mol. The summed E-state index contributed by atoms with van der Waals surface area (Å²) in [6, 6.07) is -0.147. The van der Waals surface area contributed by atoms with Crippen LogP contribution in [-0.4, -0.2) is 39.5 Å². The molecule has 2 aliphatic rings. The Balaban J connectivity index is 1.55. The normalized spacial score (nSPS) is 24.4. The first-order chi connectivity index (χ1) is 9.72. The van der Waals surface area contributed by atoms with E-state index in [1.165, 1.54) is 25.7 Å². The Hall–Kier alpha value is -1.01. The summed E-state index contributed by atoms with van der Waals surface area (Å²) in [7, 11) is 0. The molecule has 0 saturated heterocycles. The molecule has 20 heavy (non-hydrogen) atoms. The monoisotopic (exact) mass is 294 g/mol. The number of imidazole rings is 1. The maximum atomic E-state index is 12.3. The SMILES string of the molecule is CSC1(CNC(=O)C2Cc3nc[nH]c3CN2)CCCC1. The third kappa shape index (κ3) is 2.72. The summed E-state index contributed by atoms with van der Waals surface area (Å²) in [5.41, 5.74) is 2.12. The van der Waals surface area contributed by atoms with Gasteiger partial charge >= 0.3 is 0 Å². The fourth-order valence-corrected chi connectivity index (χ4v) is 4.11. The fraction of sp³-hybridized carbons (Fsp3) is 0.714. The molecule has 1 amide bonds. The molecule has 110 valence electrons. The van der Waals surface area contributed by atoms with Crippen LogP contribution in [0.2, 0.25) is 0 Å². The van der Waals surface area contributed by atoms with Crippen molar-refractivity contribution in [2.24, 2.45) is 0 Å². The smallest absolute Gasteiger partial charge is 0.237 e. The van der Waals surface area contributed by atoms with Crippen LogP contribution in [0.4, 0.5) is 0 Å². The van der Waals surface area contributed by atoms with E-state index in [2.05, 4.69) is 26.9 Å². The van der Waals surface area contributed by atoms with Gasteiger partial charge in [0.2, 0.25) is 5.91 Å². The minimum Gasteiger partial charge on any atom is -0.353 e. The van der Waals surface area contributed by atoms with Crippen LogP contribution in [-0.2, 0) is 17.8 Å². The Morgan fingerprint density at radius 3 is 3.10 bits per heavy atom. The van der Waals surface area contributed by atoms with Crippen LogP contribution in [0.3, 0.4) is 0 Å². The highest BCUT2D eigenvalue weighted by atomic mass is 32.2. The molecule has 0 aromatic carbocycles. The summed E-state index contributed by atoms with van der Waals surface area (Å²) >= 11 is 1.91.